The van der Waals surface area contributed by atoms with Gasteiger partial charge in [0.1, 0.15) is 5.69 Å². The maximum atomic E-state index is 12.7. The molecule has 0 unspecified atom stereocenters. The minimum Gasteiger partial charge on any atom is -0.378 e. The van der Waals surface area contributed by atoms with E-state index in [1.54, 1.807) is 18.2 Å². The van der Waals surface area contributed by atoms with Crippen LogP contribution in [0.5, 0.6) is 0 Å². The highest BCUT2D eigenvalue weighted by molar-refractivity contribution is 6.31. The van der Waals surface area contributed by atoms with E-state index >= 15 is 0 Å². The van der Waals surface area contributed by atoms with Crippen molar-refractivity contribution in [3.05, 3.63) is 62.7 Å². The van der Waals surface area contributed by atoms with Crippen LogP contribution in [-0.4, -0.2) is 40.6 Å². The maximum Gasteiger partial charge on any atom is 0.293 e. The van der Waals surface area contributed by atoms with Gasteiger partial charge in [0.25, 0.3) is 11.6 Å². The van der Waals surface area contributed by atoms with Gasteiger partial charge in [-0.1, -0.05) is 24.6 Å². The number of nitrogens with zero attached hydrogens (tertiary/aromatic N) is 2. The molecule has 1 heterocycles. The van der Waals surface area contributed by atoms with Gasteiger partial charge in [-0.2, -0.15) is 0 Å². The van der Waals surface area contributed by atoms with E-state index in [2.05, 4.69) is 17.6 Å². The van der Waals surface area contributed by atoms with E-state index in [4.69, 9.17) is 11.6 Å². The summed E-state index contributed by atoms with van der Waals surface area (Å²) in [5.74, 6) is -0.870. The van der Waals surface area contributed by atoms with E-state index in [1.807, 2.05) is 6.92 Å². The van der Waals surface area contributed by atoms with E-state index in [0.717, 1.165) is 24.8 Å². The number of nitrogens with one attached hydrogen (secondary N) is 2. The molecule has 10 heteroatoms. The second-order valence-corrected chi connectivity index (χ2v) is 9.70. The summed E-state index contributed by atoms with van der Waals surface area (Å²) < 4.78 is 0. The fraction of sp³-hybridized carbons (Fsp3) is 0.400. The number of amides is 3. The third kappa shape index (κ3) is 5.14. The summed E-state index contributed by atoms with van der Waals surface area (Å²) in [6.45, 7) is 4.23. The first kappa shape index (κ1) is 24.7. The fourth-order valence-electron chi connectivity index (χ4n) is 4.83. The SMILES string of the molecule is Cc1ccc(NC(=O)c2ccc(NCCN3C(=O)[C@H]4C[C@H](C)CC[C@H]4C3=O)c([N+](=O)[O-])c2)cc1Cl. The van der Waals surface area contributed by atoms with Gasteiger partial charge in [-0.25, -0.2) is 0 Å². The number of carbonyl (C=O) groups excluding carboxylic acids is 3. The predicted octanol–water partition coefficient (Wildman–Crippen LogP) is 4.64. The molecule has 2 aliphatic rings. The number of anilines is 2. The zero-order valence-electron chi connectivity index (χ0n) is 19.5. The molecule has 4 rings (SSSR count). The predicted molar refractivity (Wildman–Crippen MR) is 132 cm³/mol. The average Bonchev–Trinajstić information content (AvgIpc) is 3.05. The highest BCUT2D eigenvalue weighted by Gasteiger charge is 2.49. The van der Waals surface area contributed by atoms with E-state index < -0.39 is 10.8 Å². The zero-order valence-corrected chi connectivity index (χ0v) is 20.3. The Kier molecular flexibility index (Phi) is 7.07. The van der Waals surface area contributed by atoms with Crippen LogP contribution in [0.3, 0.4) is 0 Å². The lowest BCUT2D eigenvalue weighted by Gasteiger charge is -2.25. The van der Waals surface area contributed by atoms with Crippen molar-refractivity contribution in [2.24, 2.45) is 17.8 Å². The first-order chi connectivity index (χ1) is 16.7. The average molecular weight is 499 g/mol. The van der Waals surface area contributed by atoms with E-state index in [9.17, 15) is 24.5 Å². The molecular formula is C25H27ClN4O5. The van der Waals surface area contributed by atoms with Gasteiger partial charge in [0.2, 0.25) is 11.8 Å². The number of halogens is 1. The number of rotatable bonds is 7. The normalized spacial score (nSPS) is 21.6. The largest absolute Gasteiger partial charge is 0.378 e. The van der Waals surface area contributed by atoms with Crippen molar-refractivity contribution < 1.29 is 19.3 Å². The highest BCUT2D eigenvalue weighted by Crippen LogP contribution is 2.40. The third-order valence-electron chi connectivity index (χ3n) is 6.82. The molecule has 1 aliphatic carbocycles. The summed E-state index contributed by atoms with van der Waals surface area (Å²) in [4.78, 5) is 50.4. The lowest BCUT2D eigenvalue weighted by atomic mass is 9.76. The standard InChI is InChI=1S/C25H27ClN4O5/c1-14-3-7-18-19(11-14)25(33)29(24(18)32)10-9-27-21-8-5-16(12-22(21)30(34)35)23(31)28-17-6-4-15(2)20(26)13-17/h4-6,8,12-14,18-19,27H,3,7,9-11H2,1-2H3,(H,28,31)/t14-,18-,19+/m1/s1. The van der Waals surface area contributed by atoms with Gasteiger partial charge in [0, 0.05) is 35.4 Å². The number of hydrogen-bond donors (Lipinski definition) is 2. The molecule has 2 aromatic rings. The van der Waals surface area contributed by atoms with Gasteiger partial charge in [-0.3, -0.25) is 29.4 Å². The quantitative estimate of drug-likeness (QED) is 0.326. The monoisotopic (exact) mass is 498 g/mol. The molecule has 2 N–H and O–H groups in total. The number of benzene rings is 2. The summed E-state index contributed by atoms with van der Waals surface area (Å²) in [5.41, 5.74) is 1.38. The van der Waals surface area contributed by atoms with Crippen LogP contribution in [0.1, 0.15) is 42.1 Å². The highest BCUT2D eigenvalue weighted by atomic mass is 35.5. The van der Waals surface area contributed by atoms with Crippen LogP contribution in [0.25, 0.3) is 0 Å². The van der Waals surface area contributed by atoms with Gasteiger partial charge >= 0.3 is 0 Å². The molecule has 1 saturated heterocycles. The maximum absolute atomic E-state index is 12.7. The van der Waals surface area contributed by atoms with Gasteiger partial charge < -0.3 is 10.6 Å². The van der Waals surface area contributed by atoms with Crippen molar-refractivity contribution in [1.82, 2.24) is 4.90 Å². The van der Waals surface area contributed by atoms with Crippen molar-refractivity contribution in [2.75, 3.05) is 23.7 Å². The number of hydrogen-bond acceptors (Lipinski definition) is 6. The molecule has 0 spiro atoms. The Labute approximate surface area is 208 Å². The Balaban J connectivity index is 1.41. The third-order valence-corrected chi connectivity index (χ3v) is 7.22. The molecular weight excluding hydrogens is 472 g/mol. The molecule has 3 amide bonds. The summed E-state index contributed by atoms with van der Waals surface area (Å²) >= 11 is 6.09. The van der Waals surface area contributed by atoms with Gasteiger partial charge in [0.05, 0.1) is 16.8 Å². The topological polar surface area (TPSA) is 122 Å². The molecule has 0 aromatic heterocycles. The van der Waals surface area contributed by atoms with Crippen LogP contribution in [0.2, 0.25) is 5.02 Å². The fourth-order valence-corrected chi connectivity index (χ4v) is 5.01. The second-order valence-electron chi connectivity index (χ2n) is 9.29. The Morgan fingerprint density at radius 2 is 1.89 bits per heavy atom. The van der Waals surface area contributed by atoms with Crippen molar-refractivity contribution in [3.63, 3.8) is 0 Å². The van der Waals surface area contributed by atoms with Crippen molar-refractivity contribution in [3.8, 4) is 0 Å². The number of nitro benzene ring substituents is 1. The molecule has 1 saturated carbocycles. The molecule has 0 radical (unpaired) electrons. The first-order valence-electron chi connectivity index (χ1n) is 11.6. The van der Waals surface area contributed by atoms with Gasteiger partial charge in [-0.15, -0.1) is 0 Å². The number of nitro groups is 1. The molecule has 2 aromatic carbocycles. The van der Waals surface area contributed by atoms with Crippen LogP contribution in [0, 0.1) is 34.8 Å². The Morgan fingerprint density at radius 3 is 2.60 bits per heavy atom. The minimum absolute atomic E-state index is 0.113. The lowest BCUT2D eigenvalue weighted by molar-refractivity contribution is -0.384. The molecule has 184 valence electrons. The van der Waals surface area contributed by atoms with Crippen molar-refractivity contribution >= 4 is 46.4 Å². The Bertz CT molecular complexity index is 1200. The number of fused-ring (bicyclic) bond motifs is 1. The van der Waals surface area contributed by atoms with Crippen LogP contribution in [0.15, 0.2) is 36.4 Å². The summed E-state index contributed by atoms with van der Waals surface area (Å²) in [5, 5.41) is 17.8. The van der Waals surface area contributed by atoms with E-state index in [0.29, 0.717) is 16.6 Å². The van der Waals surface area contributed by atoms with Crippen LogP contribution >= 0.6 is 11.6 Å². The second kappa shape index (κ2) is 10.0. The number of likely N-dealkylation sites (tertiary alicyclic amines) is 1. The van der Waals surface area contributed by atoms with Crippen LogP contribution < -0.4 is 10.6 Å². The van der Waals surface area contributed by atoms with Crippen molar-refractivity contribution in [2.45, 2.75) is 33.1 Å². The molecule has 3 atom stereocenters. The summed E-state index contributed by atoms with van der Waals surface area (Å²) in [6, 6.07) is 9.18. The number of imide groups is 1. The summed E-state index contributed by atoms with van der Waals surface area (Å²) in [6.07, 6.45) is 2.39. The summed E-state index contributed by atoms with van der Waals surface area (Å²) in [7, 11) is 0. The molecule has 1 aliphatic heterocycles. The Hall–Kier alpha value is -3.46. The smallest absolute Gasteiger partial charge is 0.293 e. The molecule has 2 fully saturated rings. The molecule has 0 bridgehead atoms. The molecule has 9 nitrogen and oxygen atoms in total. The van der Waals surface area contributed by atoms with E-state index in [1.165, 1.54) is 23.1 Å². The van der Waals surface area contributed by atoms with E-state index in [-0.39, 0.29) is 53.7 Å². The first-order valence-corrected chi connectivity index (χ1v) is 12.0. The zero-order chi connectivity index (χ0) is 25.3. The van der Waals surface area contributed by atoms with Crippen LogP contribution in [0.4, 0.5) is 17.1 Å². The lowest BCUT2D eigenvalue weighted by Crippen LogP contribution is -2.35. The number of aryl methyl sites for hydroxylation is 1. The molecule has 35 heavy (non-hydrogen) atoms. The van der Waals surface area contributed by atoms with Gasteiger partial charge in [0.15, 0.2) is 0 Å². The minimum atomic E-state index is -0.579. The Morgan fingerprint density at radius 1 is 1.14 bits per heavy atom. The van der Waals surface area contributed by atoms with Gasteiger partial charge in [-0.05, 0) is 61.9 Å². The number of carbonyl (C=O) groups is 3. The van der Waals surface area contributed by atoms with Crippen LogP contribution in [-0.2, 0) is 9.59 Å². The van der Waals surface area contributed by atoms with Crippen molar-refractivity contribution in [1.29, 1.82) is 0 Å².